The number of rotatable bonds is 11. The zero-order chi connectivity index (χ0) is 24.4. The number of amides is 2. The molecule has 2 amide bonds. The Labute approximate surface area is 193 Å². The van der Waals surface area contributed by atoms with Crippen molar-refractivity contribution >= 4 is 34.7 Å². The van der Waals surface area contributed by atoms with Crippen LogP contribution in [-0.2, 0) is 30.3 Å². The summed E-state index contributed by atoms with van der Waals surface area (Å²) in [6, 6.07) is 4.44. The molecule has 0 saturated heterocycles. The lowest BCUT2D eigenvalue weighted by atomic mass is 9.96. The normalized spacial score (nSPS) is 14.7. The zero-order valence-electron chi connectivity index (χ0n) is 19.5. The van der Waals surface area contributed by atoms with E-state index in [0.29, 0.717) is 6.42 Å². The Morgan fingerprint density at radius 2 is 1.62 bits per heavy atom. The lowest BCUT2D eigenvalue weighted by Gasteiger charge is -2.28. The highest BCUT2D eigenvalue weighted by atomic mass is 32.2. The van der Waals surface area contributed by atoms with Crippen molar-refractivity contribution in [2.45, 2.75) is 64.8 Å². The average Bonchev–Trinajstić information content (AvgIpc) is 2.74. The van der Waals surface area contributed by atoms with Gasteiger partial charge in [-0.2, -0.15) is 0 Å². The van der Waals surface area contributed by atoms with E-state index in [2.05, 4.69) is 10.6 Å². The van der Waals surface area contributed by atoms with E-state index < -0.39 is 35.1 Å². The molecule has 4 atom stereocenters. The number of phenolic OH excluding ortho intramolecular Hbond substituents is 1. The topological polar surface area (TPSA) is 122 Å². The van der Waals surface area contributed by atoms with Gasteiger partial charge in [0.25, 0.3) is 0 Å². The Kier molecular flexibility index (Phi) is 11.3. The first-order chi connectivity index (χ1) is 15.0. The highest BCUT2D eigenvalue weighted by molar-refractivity contribution is 8.14. The Bertz CT molecular complexity index is 796. The molecule has 0 saturated carbocycles. The van der Waals surface area contributed by atoms with Gasteiger partial charge in [0, 0.05) is 13.3 Å². The average molecular weight is 467 g/mol. The first-order valence-corrected chi connectivity index (χ1v) is 11.5. The van der Waals surface area contributed by atoms with E-state index in [4.69, 9.17) is 4.74 Å². The maximum atomic E-state index is 13.1. The van der Waals surface area contributed by atoms with E-state index in [1.165, 1.54) is 26.2 Å². The van der Waals surface area contributed by atoms with Crippen LogP contribution in [0.15, 0.2) is 24.3 Å². The number of hydrogen-bond acceptors (Lipinski definition) is 7. The summed E-state index contributed by atoms with van der Waals surface area (Å²) < 4.78 is 4.84. The number of thioether (sulfide) groups is 1. The van der Waals surface area contributed by atoms with E-state index in [1.54, 1.807) is 12.1 Å². The van der Waals surface area contributed by atoms with Crippen LogP contribution in [0, 0.1) is 11.8 Å². The van der Waals surface area contributed by atoms with Crippen LogP contribution in [-0.4, -0.2) is 52.4 Å². The molecule has 0 spiro atoms. The maximum Gasteiger partial charge on any atom is 0.328 e. The third-order valence-electron chi connectivity index (χ3n) is 5.13. The minimum absolute atomic E-state index is 0.0927. The van der Waals surface area contributed by atoms with Crippen LogP contribution in [0.1, 0.15) is 46.6 Å². The summed E-state index contributed by atoms with van der Waals surface area (Å²) in [6.45, 7) is 8.80. The Morgan fingerprint density at radius 1 is 1.03 bits per heavy atom. The standard InChI is InChI=1S/C23H34N2O6S/c1-7-14(4)19(25-22(29)20(13(2)3)32-15(5)26)21(28)24-18(23(30)31-6)12-16-8-10-17(27)11-9-16/h8-11,13-14,18-20,27H,7,12H2,1-6H3,(H,24,28)(H,25,29)/t14-,18-,19-,20-/m0/s1. The van der Waals surface area contributed by atoms with Gasteiger partial charge < -0.3 is 20.5 Å². The Balaban J connectivity index is 3.04. The molecule has 0 fully saturated rings. The summed E-state index contributed by atoms with van der Waals surface area (Å²) >= 11 is 0.937. The van der Waals surface area contributed by atoms with E-state index in [-0.39, 0.29) is 29.1 Å². The second kappa shape index (κ2) is 13.1. The molecular weight excluding hydrogens is 432 g/mol. The van der Waals surface area contributed by atoms with Crippen molar-refractivity contribution in [1.29, 1.82) is 0 Å². The van der Waals surface area contributed by atoms with Gasteiger partial charge in [0.2, 0.25) is 11.8 Å². The molecule has 0 heterocycles. The summed E-state index contributed by atoms with van der Waals surface area (Å²) in [4.78, 5) is 49.9. The monoisotopic (exact) mass is 466 g/mol. The minimum atomic E-state index is -0.965. The van der Waals surface area contributed by atoms with Gasteiger partial charge in [0.1, 0.15) is 17.8 Å². The number of benzene rings is 1. The van der Waals surface area contributed by atoms with Crippen molar-refractivity contribution in [2.75, 3.05) is 7.11 Å². The fourth-order valence-corrected chi connectivity index (χ4v) is 3.88. The van der Waals surface area contributed by atoms with Gasteiger partial charge in [-0.1, -0.05) is 58.0 Å². The fraction of sp³-hybridized carbons (Fsp3) is 0.565. The Morgan fingerprint density at radius 3 is 2.09 bits per heavy atom. The second-order valence-electron chi connectivity index (χ2n) is 8.10. The Hall–Kier alpha value is -2.55. The van der Waals surface area contributed by atoms with E-state index >= 15 is 0 Å². The summed E-state index contributed by atoms with van der Waals surface area (Å²) in [6.07, 6.45) is 0.778. The molecule has 0 radical (unpaired) electrons. The predicted molar refractivity (Wildman–Crippen MR) is 124 cm³/mol. The zero-order valence-corrected chi connectivity index (χ0v) is 20.3. The summed E-state index contributed by atoms with van der Waals surface area (Å²) in [7, 11) is 1.23. The van der Waals surface area contributed by atoms with Gasteiger partial charge in [-0.05, 0) is 29.5 Å². The van der Waals surface area contributed by atoms with Gasteiger partial charge in [-0.25, -0.2) is 4.79 Å². The van der Waals surface area contributed by atoms with Crippen LogP contribution < -0.4 is 10.6 Å². The lowest BCUT2D eigenvalue weighted by molar-refractivity contribution is -0.145. The number of methoxy groups -OCH3 is 1. The number of aromatic hydroxyl groups is 1. The summed E-state index contributed by atoms with van der Waals surface area (Å²) in [5.74, 6) is -1.74. The SMILES string of the molecule is CC[C@H](C)[C@H](NC(=O)[C@@H](SC(C)=O)C(C)C)C(=O)N[C@@H](Cc1ccc(O)cc1)C(=O)OC. The molecule has 1 aromatic rings. The van der Waals surface area contributed by atoms with Crippen molar-refractivity contribution in [2.24, 2.45) is 11.8 Å². The van der Waals surface area contributed by atoms with Crippen LogP contribution >= 0.6 is 11.8 Å². The number of esters is 1. The molecule has 32 heavy (non-hydrogen) atoms. The quantitative estimate of drug-likeness (QED) is 0.428. The van der Waals surface area contributed by atoms with Crippen LogP contribution in [0.5, 0.6) is 5.75 Å². The molecule has 0 aliphatic carbocycles. The molecule has 0 aliphatic heterocycles. The lowest BCUT2D eigenvalue weighted by Crippen LogP contribution is -2.56. The number of ether oxygens (including phenoxy) is 1. The number of nitrogens with one attached hydrogen (secondary N) is 2. The number of hydrogen-bond donors (Lipinski definition) is 3. The molecule has 3 N–H and O–H groups in total. The van der Waals surface area contributed by atoms with Crippen molar-refractivity contribution in [3.8, 4) is 5.75 Å². The molecule has 0 aromatic heterocycles. The first kappa shape index (κ1) is 27.5. The van der Waals surface area contributed by atoms with Gasteiger partial charge in [-0.15, -0.1) is 0 Å². The molecular formula is C23H34N2O6S. The molecule has 1 aromatic carbocycles. The minimum Gasteiger partial charge on any atom is -0.508 e. The number of phenols is 1. The molecule has 0 unspecified atom stereocenters. The highest BCUT2D eigenvalue weighted by Crippen LogP contribution is 2.21. The largest absolute Gasteiger partial charge is 0.508 e. The summed E-state index contributed by atoms with van der Waals surface area (Å²) in [5, 5.41) is 14.1. The van der Waals surface area contributed by atoms with Crippen LogP contribution in [0.4, 0.5) is 0 Å². The van der Waals surface area contributed by atoms with Crippen molar-refractivity contribution < 1.29 is 29.0 Å². The number of carbonyl (C=O) groups excluding carboxylic acids is 4. The van der Waals surface area contributed by atoms with Crippen molar-refractivity contribution in [1.82, 2.24) is 10.6 Å². The smallest absolute Gasteiger partial charge is 0.328 e. The van der Waals surface area contributed by atoms with Gasteiger partial charge in [0.05, 0.1) is 12.4 Å². The van der Waals surface area contributed by atoms with E-state index in [1.807, 2.05) is 27.7 Å². The summed E-state index contributed by atoms with van der Waals surface area (Å²) in [5.41, 5.74) is 0.723. The van der Waals surface area contributed by atoms with Crippen LogP contribution in [0.3, 0.4) is 0 Å². The first-order valence-electron chi connectivity index (χ1n) is 10.6. The van der Waals surface area contributed by atoms with Gasteiger partial charge in [-0.3, -0.25) is 14.4 Å². The molecule has 8 nitrogen and oxygen atoms in total. The van der Waals surface area contributed by atoms with Gasteiger partial charge in [0.15, 0.2) is 5.12 Å². The van der Waals surface area contributed by atoms with Crippen molar-refractivity contribution in [3.05, 3.63) is 29.8 Å². The van der Waals surface area contributed by atoms with Crippen LogP contribution in [0.2, 0.25) is 0 Å². The molecule has 0 bridgehead atoms. The third-order valence-corrected chi connectivity index (χ3v) is 6.47. The van der Waals surface area contributed by atoms with Crippen molar-refractivity contribution in [3.63, 3.8) is 0 Å². The molecule has 178 valence electrons. The number of carbonyl (C=O) groups is 4. The molecule has 0 aliphatic rings. The van der Waals surface area contributed by atoms with E-state index in [9.17, 15) is 24.3 Å². The fourth-order valence-electron chi connectivity index (χ4n) is 3.07. The maximum absolute atomic E-state index is 13.1. The second-order valence-corrected chi connectivity index (χ2v) is 9.42. The van der Waals surface area contributed by atoms with E-state index in [0.717, 1.165) is 17.3 Å². The molecule has 1 rings (SSSR count). The van der Waals surface area contributed by atoms with Gasteiger partial charge >= 0.3 is 5.97 Å². The highest BCUT2D eigenvalue weighted by Gasteiger charge is 2.33. The molecule has 9 heteroatoms. The van der Waals surface area contributed by atoms with Crippen LogP contribution in [0.25, 0.3) is 0 Å². The third kappa shape index (κ3) is 8.53. The predicted octanol–water partition coefficient (Wildman–Crippen LogP) is 2.43.